The number of nitriles is 1. The molecule has 0 spiro atoms. The Morgan fingerprint density at radius 3 is 2.58 bits per heavy atom. The lowest BCUT2D eigenvalue weighted by Crippen LogP contribution is -2.38. The summed E-state index contributed by atoms with van der Waals surface area (Å²) in [6, 6.07) is 4.40. The molecule has 0 aliphatic heterocycles. The van der Waals surface area contributed by atoms with E-state index in [-0.39, 0.29) is 9.09 Å². The average molecular weight is 303 g/mol. The second-order valence-electron chi connectivity index (χ2n) is 3.23. The molecule has 0 radical (unpaired) electrons. The molecule has 1 aromatic heterocycles. The maximum Gasteiger partial charge on any atom is 0.322 e. The van der Waals surface area contributed by atoms with Gasteiger partial charge in [0, 0.05) is 0 Å². The minimum atomic E-state index is -3.87. The first-order valence-electron chi connectivity index (χ1n) is 4.83. The summed E-state index contributed by atoms with van der Waals surface area (Å²) in [5.41, 5.74) is 0. The summed E-state index contributed by atoms with van der Waals surface area (Å²) in [5.74, 6) is -1.99. The predicted octanol–water partition coefficient (Wildman–Crippen LogP) is -0.901. The van der Waals surface area contributed by atoms with Crippen LogP contribution in [-0.4, -0.2) is 38.5 Å². The molecule has 0 saturated heterocycles. The lowest BCUT2D eigenvalue weighted by Gasteiger charge is -2.04. The van der Waals surface area contributed by atoms with Crippen LogP contribution in [0.4, 0.5) is 0 Å². The normalized spacial score (nSPS) is 10.7. The van der Waals surface area contributed by atoms with E-state index in [1.54, 1.807) is 6.07 Å². The van der Waals surface area contributed by atoms with Crippen molar-refractivity contribution in [1.29, 1.82) is 5.26 Å². The number of sulfonamides is 1. The summed E-state index contributed by atoms with van der Waals surface area (Å²) in [4.78, 5) is 21.5. The van der Waals surface area contributed by atoms with Crippen molar-refractivity contribution in [3.05, 3.63) is 17.0 Å². The average Bonchev–Trinajstić information content (AvgIpc) is 2.83. The predicted molar refractivity (Wildman–Crippen MR) is 64.9 cm³/mol. The van der Waals surface area contributed by atoms with Gasteiger partial charge in [-0.3, -0.25) is 9.59 Å². The second kappa shape index (κ2) is 6.28. The van der Waals surface area contributed by atoms with Gasteiger partial charge in [-0.1, -0.05) is 0 Å². The van der Waals surface area contributed by atoms with Crippen molar-refractivity contribution >= 4 is 33.2 Å². The van der Waals surface area contributed by atoms with Crippen LogP contribution < -0.4 is 10.0 Å². The third-order valence-electron chi connectivity index (χ3n) is 1.82. The highest BCUT2D eigenvalue weighted by atomic mass is 32.2. The molecular formula is C9H9N3O5S2. The van der Waals surface area contributed by atoms with Gasteiger partial charge in [-0.05, 0) is 12.1 Å². The fourth-order valence-electron chi connectivity index (χ4n) is 0.993. The van der Waals surface area contributed by atoms with Crippen LogP contribution >= 0.6 is 11.3 Å². The molecular weight excluding hydrogens is 294 g/mol. The van der Waals surface area contributed by atoms with E-state index < -0.39 is 35.0 Å². The molecule has 1 amide bonds. The van der Waals surface area contributed by atoms with Crippen LogP contribution in [0, 0.1) is 11.3 Å². The molecule has 0 aromatic carbocycles. The minimum Gasteiger partial charge on any atom is -0.480 e. The molecule has 3 N–H and O–H groups in total. The third-order valence-corrected chi connectivity index (χ3v) is 4.70. The van der Waals surface area contributed by atoms with Gasteiger partial charge < -0.3 is 10.4 Å². The van der Waals surface area contributed by atoms with Crippen LogP contribution in [0.5, 0.6) is 0 Å². The monoisotopic (exact) mass is 303 g/mol. The molecule has 0 fully saturated rings. The summed E-state index contributed by atoms with van der Waals surface area (Å²) in [6.07, 6.45) is 0. The Hall–Kier alpha value is -1.96. The lowest BCUT2D eigenvalue weighted by atomic mass is 10.5. The number of hydrogen-bond acceptors (Lipinski definition) is 6. The van der Waals surface area contributed by atoms with E-state index in [1.807, 2.05) is 10.0 Å². The second-order valence-corrected chi connectivity index (χ2v) is 6.30. The molecule has 0 aliphatic carbocycles. The maximum absolute atomic E-state index is 11.7. The lowest BCUT2D eigenvalue weighted by molar-refractivity contribution is -0.137. The van der Waals surface area contributed by atoms with Gasteiger partial charge in [0.15, 0.2) is 0 Å². The Morgan fingerprint density at radius 2 is 2.05 bits per heavy atom. The molecule has 0 unspecified atom stereocenters. The number of amides is 1. The van der Waals surface area contributed by atoms with Crippen molar-refractivity contribution in [2.75, 3.05) is 13.1 Å². The molecule has 0 atom stereocenters. The number of carbonyl (C=O) groups excluding carboxylic acids is 1. The molecule has 8 nitrogen and oxygen atoms in total. The number of aliphatic carboxylic acids is 1. The molecule has 10 heteroatoms. The van der Waals surface area contributed by atoms with E-state index in [1.165, 1.54) is 12.1 Å². The SMILES string of the molecule is N#Cc1ccc(S(=O)(=O)NCC(=O)NCC(=O)O)s1. The summed E-state index contributed by atoms with van der Waals surface area (Å²) < 4.78 is 25.3. The van der Waals surface area contributed by atoms with E-state index in [2.05, 4.69) is 0 Å². The van der Waals surface area contributed by atoms with Crippen molar-refractivity contribution in [3.63, 3.8) is 0 Å². The number of carboxylic acids is 1. The van der Waals surface area contributed by atoms with Crippen LogP contribution in [0.2, 0.25) is 0 Å². The Morgan fingerprint density at radius 1 is 1.37 bits per heavy atom. The Labute approximate surface area is 112 Å². The van der Waals surface area contributed by atoms with Gasteiger partial charge >= 0.3 is 5.97 Å². The van der Waals surface area contributed by atoms with Gasteiger partial charge in [0.2, 0.25) is 5.91 Å². The Kier molecular flexibility index (Phi) is 4.99. The van der Waals surface area contributed by atoms with Crippen molar-refractivity contribution in [2.45, 2.75) is 4.21 Å². The summed E-state index contributed by atoms with van der Waals surface area (Å²) in [5, 5.41) is 18.9. The van der Waals surface area contributed by atoms with E-state index in [0.29, 0.717) is 0 Å². The van der Waals surface area contributed by atoms with E-state index in [0.717, 1.165) is 11.3 Å². The Balaban J connectivity index is 2.59. The van der Waals surface area contributed by atoms with Crippen LogP contribution in [0.25, 0.3) is 0 Å². The first-order valence-corrected chi connectivity index (χ1v) is 7.13. The first-order chi connectivity index (χ1) is 8.85. The summed E-state index contributed by atoms with van der Waals surface area (Å²) in [7, 11) is -3.87. The fraction of sp³-hybridized carbons (Fsp3) is 0.222. The van der Waals surface area contributed by atoms with Crippen molar-refractivity contribution < 1.29 is 23.1 Å². The fourth-order valence-corrected chi connectivity index (χ4v) is 3.12. The van der Waals surface area contributed by atoms with Gasteiger partial charge in [0.1, 0.15) is 21.7 Å². The largest absolute Gasteiger partial charge is 0.480 e. The number of hydrogen-bond donors (Lipinski definition) is 3. The van der Waals surface area contributed by atoms with Gasteiger partial charge in [-0.15, -0.1) is 11.3 Å². The number of carbonyl (C=O) groups is 2. The zero-order chi connectivity index (χ0) is 14.5. The first kappa shape index (κ1) is 15.1. The van der Waals surface area contributed by atoms with Crippen LogP contribution in [-0.2, 0) is 19.6 Å². The smallest absolute Gasteiger partial charge is 0.322 e. The van der Waals surface area contributed by atoms with Gasteiger partial charge in [-0.25, -0.2) is 13.1 Å². The number of thiophene rings is 1. The number of nitrogens with zero attached hydrogens (tertiary/aromatic N) is 1. The Bertz CT molecular complexity index is 629. The highest BCUT2D eigenvalue weighted by Crippen LogP contribution is 2.20. The third kappa shape index (κ3) is 4.66. The van der Waals surface area contributed by atoms with E-state index in [4.69, 9.17) is 10.4 Å². The summed E-state index contributed by atoms with van der Waals surface area (Å²) in [6.45, 7) is -1.16. The molecule has 1 heterocycles. The van der Waals surface area contributed by atoms with E-state index >= 15 is 0 Å². The maximum atomic E-state index is 11.7. The zero-order valence-electron chi connectivity index (χ0n) is 9.41. The van der Waals surface area contributed by atoms with Crippen molar-refractivity contribution in [1.82, 2.24) is 10.0 Å². The highest BCUT2D eigenvalue weighted by molar-refractivity contribution is 7.91. The summed E-state index contributed by atoms with van der Waals surface area (Å²) >= 11 is 0.772. The van der Waals surface area contributed by atoms with Crippen LogP contribution in [0.1, 0.15) is 4.88 Å². The van der Waals surface area contributed by atoms with Gasteiger partial charge in [0.25, 0.3) is 10.0 Å². The van der Waals surface area contributed by atoms with Crippen molar-refractivity contribution in [2.24, 2.45) is 0 Å². The quantitative estimate of drug-likeness (QED) is 0.623. The van der Waals surface area contributed by atoms with Crippen LogP contribution in [0.15, 0.2) is 16.3 Å². The molecule has 102 valence electrons. The number of rotatable bonds is 6. The zero-order valence-corrected chi connectivity index (χ0v) is 11.0. The van der Waals surface area contributed by atoms with Gasteiger partial charge in [0.05, 0.1) is 6.54 Å². The molecule has 1 rings (SSSR count). The molecule has 19 heavy (non-hydrogen) atoms. The highest BCUT2D eigenvalue weighted by Gasteiger charge is 2.18. The molecule has 0 aliphatic rings. The number of carboxylic acid groups (broad SMARTS) is 1. The van der Waals surface area contributed by atoms with Crippen molar-refractivity contribution in [3.8, 4) is 6.07 Å². The van der Waals surface area contributed by atoms with E-state index in [9.17, 15) is 18.0 Å². The molecule has 1 aromatic rings. The molecule has 0 bridgehead atoms. The standard InChI is InChI=1S/C9H9N3O5S2/c10-3-6-1-2-9(18-6)19(16,17)12-4-7(13)11-5-8(14)15/h1-2,12H,4-5H2,(H,11,13)(H,14,15). The molecule has 0 saturated carbocycles. The van der Waals surface area contributed by atoms with Gasteiger partial charge in [-0.2, -0.15) is 5.26 Å². The van der Waals surface area contributed by atoms with Crippen LogP contribution in [0.3, 0.4) is 0 Å². The number of nitrogens with one attached hydrogen (secondary N) is 2. The minimum absolute atomic E-state index is 0.0879. The topological polar surface area (TPSA) is 136 Å².